The molecule has 27 heavy (non-hydrogen) atoms. The fraction of sp³-hybridized carbons (Fsp3) is 0.579. The molecule has 0 atom stereocenters. The molecule has 4 rings (SSSR count). The first-order valence-electron chi connectivity index (χ1n) is 9.63. The van der Waals surface area contributed by atoms with Crippen molar-refractivity contribution < 1.29 is 13.2 Å². The van der Waals surface area contributed by atoms with Gasteiger partial charge in [-0.2, -0.15) is 5.10 Å². The molecule has 2 aliphatic rings. The van der Waals surface area contributed by atoms with Gasteiger partial charge in [0, 0.05) is 6.04 Å². The molecule has 0 bridgehead atoms. The number of fused-ring (bicyclic) bond motifs is 1. The van der Waals surface area contributed by atoms with E-state index in [0.717, 1.165) is 68.2 Å². The van der Waals surface area contributed by atoms with Gasteiger partial charge in [0.05, 0.1) is 18.0 Å². The molecule has 0 radical (unpaired) electrons. The number of nitrogens with one attached hydrogen (secondary N) is 1. The average Bonchev–Trinajstić information content (AvgIpc) is 3.22. The average molecular weight is 391 g/mol. The third kappa shape index (κ3) is 3.73. The Hall–Kier alpha value is -1.93. The number of benzene rings is 1. The van der Waals surface area contributed by atoms with Gasteiger partial charge in [-0.25, -0.2) is 22.8 Å². The first-order valence-corrected chi connectivity index (χ1v) is 11.1. The molecule has 146 valence electrons. The van der Waals surface area contributed by atoms with Crippen LogP contribution in [0.25, 0.3) is 0 Å². The van der Waals surface area contributed by atoms with Crippen LogP contribution in [-0.2, 0) is 22.9 Å². The molecular weight excluding hydrogens is 364 g/mol. The molecule has 0 amide bonds. The van der Waals surface area contributed by atoms with Crippen molar-refractivity contribution in [2.75, 3.05) is 7.11 Å². The van der Waals surface area contributed by atoms with Crippen LogP contribution in [0.15, 0.2) is 29.7 Å². The monoisotopic (exact) mass is 390 g/mol. The Bertz CT molecular complexity index is 888. The quantitative estimate of drug-likeness (QED) is 0.848. The molecule has 1 N–H and O–H groups in total. The predicted molar refractivity (Wildman–Crippen MR) is 101 cm³/mol. The number of hydrogen-bond donors (Lipinski definition) is 1. The minimum Gasteiger partial charge on any atom is -0.496 e. The van der Waals surface area contributed by atoms with Crippen molar-refractivity contribution in [3.8, 4) is 5.75 Å². The van der Waals surface area contributed by atoms with Crippen molar-refractivity contribution in [3.63, 3.8) is 0 Å². The van der Waals surface area contributed by atoms with Gasteiger partial charge in [0.15, 0.2) is 0 Å². The number of sulfonamides is 1. The van der Waals surface area contributed by atoms with Gasteiger partial charge < -0.3 is 4.74 Å². The van der Waals surface area contributed by atoms with Gasteiger partial charge in [-0.05, 0) is 74.6 Å². The highest BCUT2D eigenvalue weighted by Crippen LogP contribution is 2.35. The lowest BCUT2D eigenvalue weighted by atomic mass is 9.91. The minimum atomic E-state index is -3.54. The van der Waals surface area contributed by atoms with Crippen molar-refractivity contribution in [2.24, 2.45) is 0 Å². The second-order valence-corrected chi connectivity index (χ2v) is 9.11. The molecule has 0 saturated heterocycles. The first-order chi connectivity index (χ1) is 13.1. The molecule has 1 heterocycles. The van der Waals surface area contributed by atoms with E-state index in [9.17, 15) is 8.42 Å². The van der Waals surface area contributed by atoms with E-state index in [4.69, 9.17) is 4.74 Å². The summed E-state index contributed by atoms with van der Waals surface area (Å²) in [5, 5.41) is 4.21. The molecule has 1 aromatic heterocycles. The van der Waals surface area contributed by atoms with Crippen LogP contribution < -0.4 is 9.46 Å². The zero-order valence-corrected chi connectivity index (χ0v) is 16.4. The van der Waals surface area contributed by atoms with Crippen molar-refractivity contribution in [1.29, 1.82) is 0 Å². The Labute approximate surface area is 160 Å². The van der Waals surface area contributed by atoms with Crippen molar-refractivity contribution in [3.05, 3.63) is 35.9 Å². The van der Waals surface area contributed by atoms with Crippen LogP contribution in [0.4, 0.5) is 0 Å². The van der Waals surface area contributed by atoms with E-state index in [1.54, 1.807) is 31.9 Å². The van der Waals surface area contributed by atoms with Gasteiger partial charge in [0.2, 0.25) is 10.0 Å². The van der Waals surface area contributed by atoms with Crippen molar-refractivity contribution in [1.82, 2.24) is 19.5 Å². The van der Waals surface area contributed by atoms with Crippen LogP contribution in [0.1, 0.15) is 55.7 Å². The van der Waals surface area contributed by atoms with E-state index in [0.29, 0.717) is 10.9 Å². The third-order valence-corrected chi connectivity index (χ3v) is 7.39. The molecule has 1 saturated carbocycles. The summed E-state index contributed by atoms with van der Waals surface area (Å²) in [6.45, 7) is 0. The number of ether oxygens (including phenoxy) is 1. The predicted octanol–water partition coefficient (Wildman–Crippen LogP) is 2.63. The molecule has 2 aromatic rings. The largest absolute Gasteiger partial charge is 0.496 e. The van der Waals surface area contributed by atoms with Crippen LogP contribution in [0.5, 0.6) is 5.75 Å². The van der Waals surface area contributed by atoms with E-state index in [1.807, 2.05) is 4.68 Å². The molecule has 1 fully saturated rings. The fourth-order valence-corrected chi connectivity index (χ4v) is 5.99. The summed E-state index contributed by atoms with van der Waals surface area (Å²) in [6, 6.07) is 3.77. The summed E-state index contributed by atoms with van der Waals surface area (Å²) in [7, 11) is -1.89. The van der Waals surface area contributed by atoms with Gasteiger partial charge in [-0.3, -0.25) is 0 Å². The molecule has 0 unspecified atom stereocenters. The first kappa shape index (κ1) is 18.4. The second-order valence-electron chi connectivity index (χ2n) is 7.43. The maximum Gasteiger partial charge on any atom is 0.241 e. The van der Waals surface area contributed by atoms with Crippen molar-refractivity contribution >= 4 is 10.0 Å². The molecule has 0 aliphatic heterocycles. The van der Waals surface area contributed by atoms with Crippen LogP contribution in [0.3, 0.4) is 0 Å². The SMILES string of the molecule is COc1ccc(S(=O)(=O)NC2CCC(n3cncn3)CC2)c2c1CCCC2. The number of methoxy groups -OCH3 is 1. The lowest BCUT2D eigenvalue weighted by Gasteiger charge is -2.29. The van der Waals surface area contributed by atoms with Gasteiger partial charge in [-0.15, -0.1) is 0 Å². The number of nitrogens with zero attached hydrogens (tertiary/aromatic N) is 3. The minimum absolute atomic E-state index is 0.0314. The van der Waals surface area contributed by atoms with E-state index in [2.05, 4.69) is 14.8 Å². The Morgan fingerprint density at radius 2 is 1.85 bits per heavy atom. The highest BCUT2D eigenvalue weighted by atomic mass is 32.2. The summed E-state index contributed by atoms with van der Waals surface area (Å²) >= 11 is 0. The van der Waals surface area contributed by atoms with Crippen LogP contribution >= 0.6 is 0 Å². The summed E-state index contributed by atoms with van der Waals surface area (Å²) in [5.41, 5.74) is 1.99. The number of aromatic nitrogens is 3. The third-order valence-electron chi connectivity index (χ3n) is 5.79. The molecule has 8 heteroatoms. The Morgan fingerprint density at radius 1 is 1.11 bits per heavy atom. The highest BCUT2D eigenvalue weighted by Gasteiger charge is 2.30. The summed E-state index contributed by atoms with van der Waals surface area (Å²) in [6.07, 6.45) is 10.5. The lowest BCUT2D eigenvalue weighted by molar-refractivity contribution is 0.293. The fourth-order valence-electron chi connectivity index (χ4n) is 4.39. The summed E-state index contributed by atoms with van der Waals surface area (Å²) < 4.78 is 36.5. The van der Waals surface area contributed by atoms with Crippen molar-refractivity contribution in [2.45, 2.75) is 68.3 Å². The Balaban J connectivity index is 1.50. The molecule has 0 spiro atoms. The number of hydrogen-bond acceptors (Lipinski definition) is 5. The Morgan fingerprint density at radius 3 is 2.52 bits per heavy atom. The second kappa shape index (κ2) is 7.59. The van der Waals surface area contributed by atoms with E-state index >= 15 is 0 Å². The summed E-state index contributed by atoms with van der Waals surface area (Å²) in [4.78, 5) is 4.43. The topological polar surface area (TPSA) is 86.1 Å². The van der Waals surface area contributed by atoms with Crippen LogP contribution in [-0.4, -0.2) is 36.3 Å². The molecule has 7 nitrogen and oxygen atoms in total. The highest BCUT2D eigenvalue weighted by molar-refractivity contribution is 7.89. The van der Waals surface area contributed by atoms with Crippen LogP contribution in [0.2, 0.25) is 0 Å². The standard InChI is InChI=1S/C19H26N4O3S/c1-26-18-10-11-19(17-5-3-2-4-16(17)18)27(24,25)22-14-6-8-15(9-7-14)23-13-20-12-21-23/h10-15,22H,2-9H2,1H3. The molecule has 1 aromatic carbocycles. The molecule has 2 aliphatic carbocycles. The van der Waals surface area contributed by atoms with E-state index in [1.165, 1.54) is 0 Å². The van der Waals surface area contributed by atoms with E-state index in [-0.39, 0.29) is 6.04 Å². The maximum absolute atomic E-state index is 13.1. The molecular formula is C19H26N4O3S. The van der Waals surface area contributed by atoms with E-state index < -0.39 is 10.0 Å². The maximum atomic E-state index is 13.1. The normalized spacial score (nSPS) is 23.0. The number of rotatable bonds is 5. The lowest BCUT2D eigenvalue weighted by Crippen LogP contribution is -2.38. The zero-order chi connectivity index (χ0) is 18.9. The van der Waals surface area contributed by atoms with Crippen LogP contribution in [0, 0.1) is 0 Å². The smallest absolute Gasteiger partial charge is 0.241 e. The van der Waals surface area contributed by atoms with Gasteiger partial charge in [0.25, 0.3) is 0 Å². The van der Waals surface area contributed by atoms with Gasteiger partial charge >= 0.3 is 0 Å². The zero-order valence-electron chi connectivity index (χ0n) is 15.6. The Kier molecular flexibility index (Phi) is 5.19. The van der Waals surface area contributed by atoms with Gasteiger partial charge in [-0.1, -0.05) is 0 Å². The summed E-state index contributed by atoms with van der Waals surface area (Å²) in [5.74, 6) is 0.803. The van der Waals surface area contributed by atoms with Gasteiger partial charge in [0.1, 0.15) is 18.4 Å².